The van der Waals surface area contributed by atoms with Gasteiger partial charge in [0.25, 0.3) is 11.8 Å². The summed E-state index contributed by atoms with van der Waals surface area (Å²) in [6, 6.07) is 10.5. The van der Waals surface area contributed by atoms with E-state index in [1.165, 1.54) is 18.2 Å². The monoisotopic (exact) mass is 497 g/mol. The quantitative estimate of drug-likeness (QED) is 0.393. The molecule has 0 aromatic heterocycles. The van der Waals surface area contributed by atoms with Crippen molar-refractivity contribution in [2.45, 2.75) is 18.7 Å². The fraction of sp³-hybridized carbons (Fsp3) is 0.211. The minimum atomic E-state index is -3.75. The molecule has 160 valence electrons. The molecule has 2 amide bonds. The molecule has 0 aliphatic heterocycles. The topological polar surface area (TPSA) is 131 Å². The van der Waals surface area contributed by atoms with Gasteiger partial charge in [-0.25, -0.2) is 17.9 Å². The van der Waals surface area contributed by atoms with Crippen molar-refractivity contribution >= 4 is 43.7 Å². The van der Waals surface area contributed by atoms with Gasteiger partial charge in [0.1, 0.15) is 0 Å². The number of carbonyl (C=O) groups excluding carboxylic acids is 3. The van der Waals surface area contributed by atoms with Crippen molar-refractivity contribution in [3.8, 4) is 0 Å². The van der Waals surface area contributed by atoms with Crippen molar-refractivity contribution in [2.75, 3.05) is 13.2 Å². The summed E-state index contributed by atoms with van der Waals surface area (Å²) in [6.45, 7) is 2.78. The fourth-order valence-electron chi connectivity index (χ4n) is 2.31. The largest absolute Gasteiger partial charge is 0.452 e. The fourth-order valence-corrected chi connectivity index (χ4v) is 3.64. The first kappa shape index (κ1) is 23.5. The van der Waals surface area contributed by atoms with Gasteiger partial charge in [0, 0.05) is 16.6 Å². The number of halogens is 1. The lowest BCUT2D eigenvalue weighted by atomic mass is 10.1. The molecule has 2 aromatic carbocycles. The van der Waals surface area contributed by atoms with Crippen LogP contribution < -0.4 is 15.6 Å². The molecule has 0 saturated carbocycles. The second-order valence-electron chi connectivity index (χ2n) is 6.06. The zero-order valence-electron chi connectivity index (χ0n) is 16.2. The van der Waals surface area contributed by atoms with Gasteiger partial charge < -0.3 is 4.74 Å². The number of carbonyl (C=O) groups is 3. The highest BCUT2D eigenvalue weighted by atomic mass is 79.9. The average Bonchev–Trinajstić information content (AvgIpc) is 2.70. The van der Waals surface area contributed by atoms with Gasteiger partial charge in [-0.1, -0.05) is 28.9 Å². The third-order valence-electron chi connectivity index (χ3n) is 3.83. The van der Waals surface area contributed by atoms with E-state index in [1.807, 2.05) is 0 Å². The van der Waals surface area contributed by atoms with E-state index in [9.17, 15) is 22.8 Å². The molecule has 0 saturated heterocycles. The van der Waals surface area contributed by atoms with E-state index in [2.05, 4.69) is 31.5 Å². The number of ether oxygens (including phenoxy) is 1. The standard InChI is InChI=1S/C19H20BrN3O6S/c1-3-21-30(27,28)15-9-4-12(2)16(10-15)19(26)29-11-17(24)22-23-18(25)13-5-7-14(20)8-6-13/h4-10,21H,3,11H2,1-2H3,(H,22,24)(H,23,25). The van der Waals surface area contributed by atoms with E-state index in [4.69, 9.17) is 4.74 Å². The minimum Gasteiger partial charge on any atom is -0.452 e. The number of sulfonamides is 1. The summed E-state index contributed by atoms with van der Waals surface area (Å²) in [5.41, 5.74) is 5.16. The first-order chi connectivity index (χ1) is 14.1. The van der Waals surface area contributed by atoms with E-state index in [1.54, 1.807) is 38.1 Å². The van der Waals surface area contributed by atoms with Crippen molar-refractivity contribution in [3.05, 3.63) is 63.6 Å². The number of hydrazine groups is 1. The van der Waals surface area contributed by atoms with E-state index < -0.39 is 34.4 Å². The third-order valence-corrected chi connectivity index (χ3v) is 5.90. The summed E-state index contributed by atoms with van der Waals surface area (Å²) >= 11 is 3.25. The lowest BCUT2D eigenvalue weighted by molar-refractivity contribution is -0.125. The third kappa shape index (κ3) is 6.37. The van der Waals surface area contributed by atoms with Gasteiger partial charge in [-0.2, -0.15) is 0 Å². The van der Waals surface area contributed by atoms with Crippen molar-refractivity contribution < 1.29 is 27.5 Å². The summed E-state index contributed by atoms with van der Waals surface area (Å²) in [5.74, 6) is -2.17. The predicted octanol–water partition coefficient (Wildman–Crippen LogP) is 1.67. The van der Waals surface area contributed by atoms with E-state index >= 15 is 0 Å². The number of aryl methyl sites for hydroxylation is 1. The molecule has 11 heteroatoms. The molecule has 3 N–H and O–H groups in total. The summed E-state index contributed by atoms with van der Waals surface area (Å²) in [7, 11) is -3.75. The van der Waals surface area contributed by atoms with Gasteiger partial charge in [-0.15, -0.1) is 0 Å². The molecule has 2 aromatic rings. The normalized spacial score (nSPS) is 10.9. The number of amides is 2. The predicted molar refractivity (Wildman–Crippen MR) is 112 cm³/mol. The second-order valence-corrected chi connectivity index (χ2v) is 8.75. The zero-order valence-corrected chi connectivity index (χ0v) is 18.6. The Hall–Kier alpha value is -2.76. The van der Waals surface area contributed by atoms with Crippen LogP contribution in [0.15, 0.2) is 51.8 Å². The number of rotatable bonds is 7. The van der Waals surface area contributed by atoms with Crippen molar-refractivity contribution in [2.24, 2.45) is 0 Å². The number of esters is 1. The van der Waals surface area contributed by atoms with Crippen LogP contribution in [0.2, 0.25) is 0 Å². The molecule has 0 bridgehead atoms. The van der Waals surface area contributed by atoms with Gasteiger partial charge in [0.2, 0.25) is 10.0 Å². The van der Waals surface area contributed by atoms with Gasteiger partial charge in [-0.3, -0.25) is 20.4 Å². The maximum atomic E-state index is 12.3. The Morgan fingerprint density at radius 3 is 2.33 bits per heavy atom. The van der Waals surface area contributed by atoms with Crippen LogP contribution in [0.25, 0.3) is 0 Å². The maximum absolute atomic E-state index is 12.3. The summed E-state index contributed by atoms with van der Waals surface area (Å²) < 4.78 is 32.3. The number of hydrogen-bond acceptors (Lipinski definition) is 6. The van der Waals surface area contributed by atoms with Crippen LogP contribution in [0.4, 0.5) is 0 Å². The molecule has 0 radical (unpaired) electrons. The van der Waals surface area contributed by atoms with Crippen LogP contribution in [0, 0.1) is 6.92 Å². The highest BCUT2D eigenvalue weighted by Gasteiger charge is 2.19. The average molecular weight is 498 g/mol. The van der Waals surface area contributed by atoms with E-state index in [-0.39, 0.29) is 17.0 Å². The maximum Gasteiger partial charge on any atom is 0.338 e. The Balaban J connectivity index is 1.94. The Kier molecular flexibility index (Phi) is 8.09. The molecule has 30 heavy (non-hydrogen) atoms. The molecule has 0 aliphatic rings. The Labute approximate surface area is 182 Å². The molecule has 0 aliphatic carbocycles. The Bertz CT molecular complexity index is 1050. The number of hydrogen-bond donors (Lipinski definition) is 3. The molecular formula is C19H20BrN3O6S. The van der Waals surface area contributed by atoms with Crippen molar-refractivity contribution in [1.29, 1.82) is 0 Å². The van der Waals surface area contributed by atoms with Crippen molar-refractivity contribution in [3.63, 3.8) is 0 Å². The number of nitrogens with one attached hydrogen (secondary N) is 3. The lowest BCUT2D eigenvalue weighted by Crippen LogP contribution is -2.43. The van der Waals surface area contributed by atoms with Crippen LogP contribution in [0.3, 0.4) is 0 Å². The number of benzene rings is 2. The zero-order chi connectivity index (χ0) is 22.3. The van der Waals surface area contributed by atoms with Gasteiger partial charge >= 0.3 is 5.97 Å². The second kappa shape index (κ2) is 10.3. The van der Waals surface area contributed by atoms with Gasteiger partial charge in [-0.05, 0) is 48.9 Å². The van der Waals surface area contributed by atoms with E-state index in [0.29, 0.717) is 11.1 Å². The highest BCUT2D eigenvalue weighted by Crippen LogP contribution is 2.16. The van der Waals surface area contributed by atoms with Gasteiger partial charge in [0.15, 0.2) is 6.61 Å². The molecule has 0 spiro atoms. The minimum absolute atomic E-state index is 0.0145. The van der Waals surface area contributed by atoms with Gasteiger partial charge in [0.05, 0.1) is 10.5 Å². The smallest absolute Gasteiger partial charge is 0.338 e. The summed E-state index contributed by atoms with van der Waals surface area (Å²) in [5, 5.41) is 0. The van der Waals surface area contributed by atoms with Crippen molar-refractivity contribution in [1.82, 2.24) is 15.6 Å². The highest BCUT2D eigenvalue weighted by molar-refractivity contribution is 9.10. The molecule has 0 unspecified atom stereocenters. The van der Waals surface area contributed by atoms with Crippen LogP contribution in [-0.4, -0.2) is 39.4 Å². The molecule has 2 rings (SSSR count). The molecule has 0 heterocycles. The summed E-state index contributed by atoms with van der Waals surface area (Å²) in [6.07, 6.45) is 0. The van der Waals surface area contributed by atoms with Crippen LogP contribution >= 0.6 is 15.9 Å². The molecule has 0 atom stereocenters. The Morgan fingerprint density at radius 1 is 1.03 bits per heavy atom. The van der Waals surface area contributed by atoms with Crippen LogP contribution in [0.5, 0.6) is 0 Å². The summed E-state index contributed by atoms with van der Waals surface area (Å²) in [4.78, 5) is 36.0. The van der Waals surface area contributed by atoms with Crippen LogP contribution in [-0.2, 0) is 19.6 Å². The van der Waals surface area contributed by atoms with Crippen LogP contribution in [0.1, 0.15) is 33.2 Å². The molecular weight excluding hydrogens is 478 g/mol. The SMILES string of the molecule is CCNS(=O)(=O)c1ccc(C)c(C(=O)OCC(=O)NNC(=O)c2ccc(Br)cc2)c1. The van der Waals surface area contributed by atoms with E-state index in [0.717, 1.165) is 4.47 Å². The Morgan fingerprint density at radius 2 is 1.70 bits per heavy atom. The first-order valence-corrected chi connectivity index (χ1v) is 11.0. The lowest BCUT2D eigenvalue weighted by Gasteiger charge is -2.11. The molecule has 9 nitrogen and oxygen atoms in total. The first-order valence-electron chi connectivity index (χ1n) is 8.76. The molecule has 0 fully saturated rings.